The normalized spacial score (nSPS) is 14.0. The minimum atomic E-state index is -0.318. The molecule has 1 aromatic heterocycles. The van der Waals surface area contributed by atoms with Gasteiger partial charge in [-0.05, 0) is 65.3 Å². The number of nitrogens with zero attached hydrogens (tertiary/aromatic N) is 2. The van der Waals surface area contributed by atoms with Crippen LogP contribution in [0.4, 0.5) is 4.39 Å². The van der Waals surface area contributed by atoms with E-state index in [9.17, 15) is 9.18 Å². The van der Waals surface area contributed by atoms with Crippen LogP contribution in [0, 0.1) is 9.39 Å². The summed E-state index contributed by atoms with van der Waals surface area (Å²) in [5, 5.41) is 0. The minimum Gasteiger partial charge on any atom is -0.331 e. The van der Waals surface area contributed by atoms with Gasteiger partial charge in [0.2, 0.25) is 0 Å². The van der Waals surface area contributed by atoms with Crippen molar-refractivity contribution in [2.24, 2.45) is 0 Å². The maximum Gasteiger partial charge on any atom is 0.255 e. The molecule has 0 radical (unpaired) electrons. The lowest BCUT2D eigenvalue weighted by molar-refractivity contribution is 0.0728. The van der Waals surface area contributed by atoms with Crippen LogP contribution in [0.2, 0.25) is 0 Å². The molecule has 1 amide bonds. The molecule has 1 saturated carbocycles. The molecular weight excluding hydrogens is 382 g/mol. The van der Waals surface area contributed by atoms with Crippen LogP contribution < -0.4 is 0 Å². The Morgan fingerprint density at radius 3 is 2.81 bits per heavy atom. The van der Waals surface area contributed by atoms with Crippen LogP contribution in [0.15, 0.2) is 42.7 Å². The fourth-order valence-electron chi connectivity index (χ4n) is 2.26. The van der Waals surface area contributed by atoms with Gasteiger partial charge in [-0.1, -0.05) is 6.07 Å². The summed E-state index contributed by atoms with van der Waals surface area (Å²) in [5.74, 6) is -0.355. The molecule has 0 atom stereocenters. The molecule has 3 rings (SSSR count). The first-order valence-corrected chi connectivity index (χ1v) is 7.88. The van der Waals surface area contributed by atoms with Gasteiger partial charge in [0, 0.05) is 28.6 Å². The van der Waals surface area contributed by atoms with E-state index in [2.05, 4.69) is 4.98 Å². The van der Waals surface area contributed by atoms with Crippen molar-refractivity contribution in [2.45, 2.75) is 25.4 Å². The van der Waals surface area contributed by atoms with Crippen LogP contribution in [0.1, 0.15) is 28.8 Å². The molecule has 0 saturated heterocycles. The van der Waals surface area contributed by atoms with Crippen LogP contribution in [-0.4, -0.2) is 21.8 Å². The molecule has 1 heterocycles. The molecule has 1 aromatic carbocycles. The van der Waals surface area contributed by atoms with Crippen molar-refractivity contribution >= 4 is 28.5 Å². The number of hydrogen-bond donors (Lipinski definition) is 0. The Labute approximate surface area is 136 Å². The van der Waals surface area contributed by atoms with Gasteiger partial charge in [-0.3, -0.25) is 9.78 Å². The Hall–Kier alpha value is -1.50. The van der Waals surface area contributed by atoms with Gasteiger partial charge in [0.1, 0.15) is 5.82 Å². The smallest absolute Gasteiger partial charge is 0.255 e. The van der Waals surface area contributed by atoms with Crippen LogP contribution in [0.3, 0.4) is 0 Å². The molecular formula is C16H14FIN2O. The van der Waals surface area contributed by atoms with Crippen molar-refractivity contribution < 1.29 is 9.18 Å². The third kappa shape index (κ3) is 3.40. The highest BCUT2D eigenvalue weighted by Gasteiger charge is 2.33. The highest BCUT2D eigenvalue weighted by molar-refractivity contribution is 14.1. The van der Waals surface area contributed by atoms with Crippen LogP contribution >= 0.6 is 22.6 Å². The lowest BCUT2D eigenvalue weighted by atomic mass is 10.1. The first-order chi connectivity index (χ1) is 10.1. The van der Waals surface area contributed by atoms with Gasteiger partial charge in [-0.15, -0.1) is 0 Å². The van der Waals surface area contributed by atoms with Gasteiger partial charge in [0.25, 0.3) is 5.91 Å². The summed E-state index contributed by atoms with van der Waals surface area (Å²) < 4.78 is 13.8. The molecule has 0 spiro atoms. The molecule has 3 nitrogen and oxygen atoms in total. The zero-order valence-electron chi connectivity index (χ0n) is 11.3. The van der Waals surface area contributed by atoms with Gasteiger partial charge >= 0.3 is 0 Å². The number of amides is 1. The van der Waals surface area contributed by atoms with Gasteiger partial charge in [0.05, 0.1) is 5.56 Å². The molecule has 0 bridgehead atoms. The standard InChI is InChI=1S/C16H14FIN2O/c17-12-3-6-14(15(18)8-12)16(21)20(13-4-5-13)10-11-2-1-7-19-9-11/h1-3,6-9,13H,4-5,10H2. The number of carbonyl (C=O) groups is 1. The van der Waals surface area contributed by atoms with Crippen molar-refractivity contribution in [3.63, 3.8) is 0 Å². The highest BCUT2D eigenvalue weighted by Crippen LogP contribution is 2.30. The lowest BCUT2D eigenvalue weighted by Crippen LogP contribution is -2.33. The molecule has 2 aromatic rings. The SMILES string of the molecule is O=C(c1ccc(F)cc1I)N(Cc1cccnc1)C1CC1. The van der Waals surface area contributed by atoms with E-state index in [0.717, 1.165) is 18.4 Å². The van der Waals surface area contributed by atoms with Gasteiger partial charge < -0.3 is 4.90 Å². The third-order valence-corrected chi connectivity index (χ3v) is 4.38. The van der Waals surface area contributed by atoms with E-state index < -0.39 is 0 Å². The summed E-state index contributed by atoms with van der Waals surface area (Å²) in [4.78, 5) is 18.7. The number of aromatic nitrogens is 1. The Balaban J connectivity index is 1.85. The van der Waals surface area contributed by atoms with Crippen molar-refractivity contribution in [3.8, 4) is 0 Å². The average Bonchev–Trinajstić information content (AvgIpc) is 3.30. The predicted molar refractivity (Wildman–Crippen MR) is 86.2 cm³/mol. The van der Waals surface area contributed by atoms with E-state index in [1.54, 1.807) is 18.5 Å². The van der Waals surface area contributed by atoms with E-state index in [1.165, 1.54) is 12.1 Å². The first kappa shape index (κ1) is 14.4. The van der Waals surface area contributed by atoms with Crippen LogP contribution in [0.5, 0.6) is 0 Å². The highest BCUT2D eigenvalue weighted by atomic mass is 127. The Kier molecular flexibility index (Phi) is 4.19. The third-order valence-electron chi connectivity index (χ3n) is 3.49. The maximum absolute atomic E-state index is 13.2. The number of pyridine rings is 1. The van der Waals surface area contributed by atoms with Gasteiger partial charge in [-0.25, -0.2) is 4.39 Å². The van der Waals surface area contributed by atoms with Gasteiger partial charge in [0.15, 0.2) is 0 Å². The summed E-state index contributed by atoms with van der Waals surface area (Å²) in [6.07, 6.45) is 5.56. The second-order valence-electron chi connectivity index (χ2n) is 5.15. The number of rotatable bonds is 4. The topological polar surface area (TPSA) is 33.2 Å². The minimum absolute atomic E-state index is 0.0363. The lowest BCUT2D eigenvalue weighted by Gasteiger charge is -2.23. The molecule has 1 fully saturated rings. The maximum atomic E-state index is 13.2. The quantitative estimate of drug-likeness (QED) is 0.740. The first-order valence-electron chi connectivity index (χ1n) is 6.80. The number of halogens is 2. The van der Waals surface area contributed by atoms with E-state index in [0.29, 0.717) is 21.7 Å². The summed E-state index contributed by atoms with van der Waals surface area (Å²) in [7, 11) is 0. The number of carbonyl (C=O) groups excluding carboxylic acids is 1. The predicted octanol–water partition coefficient (Wildman–Crippen LogP) is 3.63. The summed E-state index contributed by atoms with van der Waals surface area (Å²) in [6, 6.07) is 8.42. The molecule has 5 heteroatoms. The molecule has 0 aliphatic heterocycles. The second kappa shape index (κ2) is 6.09. The second-order valence-corrected chi connectivity index (χ2v) is 6.31. The van der Waals surface area contributed by atoms with E-state index in [-0.39, 0.29) is 11.7 Å². The zero-order chi connectivity index (χ0) is 14.8. The molecule has 108 valence electrons. The monoisotopic (exact) mass is 396 g/mol. The van der Waals surface area contributed by atoms with Crippen molar-refractivity contribution in [1.82, 2.24) is 9.88 Å². The van der Waals surface area contributed by atoms with Gasteiger partial charge in [-0.2, -0.15) is 0 Å². The fraction of sp³-hybridized carbons (Fsp3) is 0.250. The Morgan fingerprint density at radius 2 is 2.19 bits per heavy atom. The molecule has 0 N–H and O–H groups in total. The van der Waals surface area contributed by atoms with Crippen molar-refractivity contribution in [1.29, 1.82) is 0 Å². The van der Waals surface area contributed by atoms with Crippen LogP contribution in [0.25, 0.3) is 0 Å². The van der Waals surface area contributed by atoms with Crippen molar-refractivity contribution in [2.75, 3.05) is 0 Å². The molecule has 21 heavy (non-hydrogen) atoms. The van der Waals surface area contributed by atoms with E-state index in [4.69, 9.17) is 0 Å². The molecule has 1 aliphatic rings. The molecule has 1 aliphatic carbocycles. The number of hydrogen-bond acceptors (Lipinski definition) is 2. The van der Waals surface area contributed by atoms with E-state index >= 15 is 0 Å². The average molecular weight is 396 g/mol. The fourth-order valence-corrected chi connectivity index (χ4v) is 2.97. The summed E-state index contributed by atoms with van der Waals surface area (Å²) in [6.45, 7) is 0.546. The summed E-state index contributed by atoms with van der Waals surface area (Å²) in [5.41, 5.74) is 1.57. The zero-order valence-corrected chi connectivity index (χ0v) is 13.5. The number of benzene rings is 1. The largest absolute Gasteiger partial charge is 0.331 e. The Morgan fingerprint density at radius 1 is 1.38 bits per heavy atom. The summed E-state index contributed by atoms with van der Waals surface area (Å²) >= 11 is 2.01. The van der Waals surface area contributed by atoms with E-state index in [1.807, 2.05) is 39.6 Å². The Bertz CT molecular complexity index is 659. The molecule has 0 unspecified atom stereocenters. The van der Waals surface area contributed by atoms with Crippen LogP contribution in [-0.2, 0) is 6.54 Å². The van der Waals surface area contributed by atoms with Crippen molar-refractivity contribution in [3.05, 3.63) is 63.2 Å².